The monoisotopic (exact) mass is 309 g/mol. The maximum Gasteiger partial charge on any atom is 0.244 e. The number of nitrogens with one attached hydrogen (secondary N) is 1. The van der Waals surface area contributed by atoms with Crippen LogP contribution in [0, 0.1) is 0 Å². The van der Waals surface area contributed by atoms with E-state index in [2.05, 4.69) is 44.7 Å². The summed E-state index contributed by atoms with van der Waals surface area (Å²) < 4.78 is 0. The molecule has 2 aliphatic rings. The standard InChI is InChI=1S/C18H23N5/c1-2-8-16(9-3-1)20-18-21-17(12-19-22-18)23-11-10-14-6-4-5-7-15(14)13-23/h4-7,12,16H,1-3,8-11,13H2,(H,20,21,22). The van der Waals surface area contributed by atoms with E-state index in [-0.39, 0.29) is 0 Å². The van der Waals surface area contributed by atoms with E-state index in [0.717, 1.165) is 25.3 Å². The lowest BCUT2D eigenvalue weighted by Gasteiger charge is -2.29. The molecule has 1 fully saturated rings. The van der Waals surface area contributed by atoms with Gasteiger partial charge in [0.2, 0.25) is 5.95 Å². The van der Waals surface area contributed by atoms with Gasteiger partial charge in [0.15, 0.2) is 5.82 Å². The van der Waals surface area contributed by atoms with Gasteiger partial charge in [-0.05, 0) is 30.4 Å². The number of benzene rings is 1. The Hall–Kier alpha value is -2.17. The molecule has 0 saturated heterocycles. The maximum absolute atomic E-state index is 4.70. The molecule has 5 heteroatoms. The molecule has 1 aromatic heterocycles. The zero-order valence-electron chi connectivity index (χ0n) is 13.4. The third kappa shape index (κ3) is 3.28. The van der Waals surface area contributed by atoms with Crippen molar-refractivity contribution in [3.8, 4) is 0 Å². The van der Waals surface area contributed by atoms with E-state index in [1.807, 2.05) is 0 Å². The van der Waals surface area contributed by atoms with Crippen LogP contribution in [-0.2, 0) is 13.0 Å². The molecule has 1 N–H and O–H groups in total. The van der Waals surface area contributed by atoms with Crippen molar-refractivity contribution in [1.29, 1.82) is 0 Å². The van der Waals surface area contributed by atoms with E-state index in [9.17, 15) is 0 Å². The van der Waals surface area contributed by atoms with Crippen LogP contribution >= 0.6 is 0 Å². The Balaban J connectivity index is 1.48. The van der Waals surface area contributed by atoms with Crippen molar-refractivity contribution in [3.05, 3.63) is 41.6 Å². The summed E-state index contributed by atoms with van der Waals surface area (Å²) in [5, 5.41) is 11.8. The fraction of sp³-hybridized carbons (Fsp3) is 0.500. The SMILES string of the molecule is c1ccc2c(c1)CCN(c1cnnc(NC3CCCCC3)n1)C2. The lowest BCUT2D eigenvalue weighted by molar-refractivity contribution is 0.460. The smallest absolute Gasteiger partial charge is 0.244 e. The normalized spacial score (nSPS) is 18.5. The lowest BCUT2D eigenvalue weighted by atomic mass is 9.96. The maximum atomic E-state index is 4.70. The van der Waals surface area contributed by atoms with Crippen molar-refractivity contribution < 1.29 is 0 Å². The van der Waals surface area contributed by atoms with Crippen molar-refractivity contribution in [1.82, 2.24) is 15.2 Å². The van der Waals surface area contributed by atoms with Gasteiger partial charge in [-0.3, -0.25) is 0 Å². The van der Waals surface area contributed by atoms with Gasteiger partial charge >= 0.3 is 0 Å². The Morgan fingerprint density at radius 3 is 2.74 bits per heavy atom. The van der Waals surface area contributed by atoms with Crippen molar-refractivity contribution in [2.45, 2.75) is 51.1 Å². The molecule has 1 aliphatic carbocycles. The van der Waals surface area contributed by atoms with Crippen LogP contribution in [0.2, 0.25) is 0 Å². The summed E-state index contributed by atoms with van der Waals surface area (Å²) in [7, 11) is 0. The van der Waals surface area contributed by atoms with Gasteiger partial charge in [-0.25, -0.2) is 0 Å². The van der Waals surface area contributed by atoms with Crippen LogP contribution in [0.1, 0.15) is 43.2 Å². The van der Waals surface area contributed by atoms with Crippen LogP contribution in [0.15, 0.2) is 30.5 Å². The predicted octanol–water partition coefficient (Wildman–Crippen LogP) is 3.18. The largest absolute Gasteiger partial charge is 0.350 e. The van der Waals surface area contributed by atoms with Crippen LogP contribution in [0.5, 0.6) is 0 Å². The van der Waals surface area contributed by atoms with Gasteiger partial charge in [-0.1, -0.05) is 43.5 Å². The molecule has 2 aromatic rings. The topological polar surface area (TPSA) is 53.9 Å². The summed E-state index contributed by atoms with van der Waals surface area (Å²) in [6, 6.07) is 9.16. The molecule has 0 unspecified atom stereocenters. The Labute approximate surface area is 137 Å². The fourth-order valence-electron chi connectivity index (χ4n) is 3.63. The molecular weight excluding hydrogens is 286 g/mol. The molecule has 1 saturated carbocycles. The van der Waals surface area contributed by atoms with Gasteiger partial charge in [0.1, 0.15) is 0 Å². The van der Waals surface area contributed by atoms with Gasteiger partial charge in [-0.2, -0.15) is 10.1 Å². The number of rotatable bonds is 3. The van der Waals surface area contributed by atoms with Gasteiger partial charge in [0, 0.05) is 19.1 Å². The minimum Gasteiger partial charge on any atom is -0.350 e. The van der Waals surface area contributed by atoms with Crippen molar-refractivity contribution in [2.24, 2.45) is 0 Å². The van der Waals surface area contributed by atoms with Crippen LogP contribution in [-0.4, -0.2) is 27.8 Å². The number of hydrogen-bond acceptors (Lipinski definition) is 5. The Bertz CT molecular complexity index is 666. The number of fused-ring (bicyclic) bond motifs is 1. The first-order valence-electron chi connectivity index (χ1n) is 8.66. The zero-order valence-corrected chi connectivity index (χ0v) is 13.4. The summed E-state index contributed by atoms with van der Waals surface area (Å²) in [4.78, 5) is 7.00. The second-order valence-electron chi connectivity index (χ2n) is 6.56. The average molecular weight is 309 g/mol. The predicted molar refractivity (Wildman–Crippen MR) is 91.5 cm³/mol. The lowest BCUT2D eigenvalue weighted by Crippen LogP contribution is -2.31. The van der Waals surface area contributed by atoms with Gasteiger partial charge in [-0.15, -0.1) is 5.10 Å². The summed E-state index contributed by atoms with van der Waals surface area (Å²) in [6.45, 7) is 1.89. The molecule has 2 heterocycles. The van der Waals surface area contributed by atoms with Crippen LogP contribution in [0.4, 0.5) is 11.8 Å². The third-order valence-corrected chi connectivity index (χ3v) is 4.94. The fourth-order valence-corrected chi connectivity index (χ4v) is 3.63. The molecule has 0 spiro atoms. The van der Waals surface area contributed by atoms with E-state index in [0.29, 0.717) is 12.0 Å². The molecule has 0 radical (unpaired) electrons. The Kier molecular flexibility index (Phi) is 4.09. The third-order valence-electron chi connectivity index (χ3n) is 4.94. The minimum absolute atomic E-state index is 0.503. The number of aromatic nitrogens is 3. The summed E-state index contributed by atoms with van der Waals surface area (Å²) in [5.74, 6) is 1.60. The first-order chi connectivity index (χ1) is 11.4. The number of anilines is 2. The van der Waals surface area contributed by atoms with E-state index in [1.54, 1.807) is 6.20 Å². The van der Waals surface area contributed by atoms with Crippen LogP contribution in [0.25, 0.3) is 0 Å². The first kappa shape index (κ1) is 14.4. The Morgan fingerprint density at radius 2 is 1.87 bits per heavy atom. The summed E-state index contributed by atoms with van der Waals surface area (Å²) >= 11 is 0. The summed E-state index contributed by atoms with van der Waals surface area (Å²) in [6.07, 6.45) is 9.22. The highest BCUT2D eigenvalue weighted by Gasteiger charge is 2.19. The highest BCUT2D eigenvalue weighted by atomic mass is 15.3. The molecule has 0 bridgehead atoms. The first-order valence-corrected chi connectivity index (χ1v) is 8.66. The zero-order chi connectivity index (χ0) is 15.5. The van der Waals surface area contributed by atoms with Crippen molar-refractivity contribution in [2.75, 3.05) is 16.8 Å². The quantitative estimate of drug-likeness (QED) is 0.943. The molecule has 0 amide bonds. The molecule has 1 aromatic carbocycles. The van der Waals surface area contributed by atoms with Crippen LogP contribution in [0.3, 0.4) is 0 Å². The van der Waals surface area contributed by atoms with E-state index in [1.165, 1.54) is 43.2 Å². The Morgan fingerprint density at radius 1 is 1.04 bits per heavy atom. The molecule has 120 valence electrons. The van der Waals surface area contributed by atoms with E-state index in [4.69, 9.17) is 4.98 Å². The molecule has 23 heavy (non-hydrogen) atoms. The summed E-state index contributed by atoms with van der Waals surface area (Å²) in [5.41, 5.74) is 2.84. The van der Waals surface area contributed by atoms with Crippen LogP contribution < -0.4 is 10.2 Å². The molecule has 5 nitrogen and oxygen atoms in total. The highest BCUT2D eigenvalue weighted by Crippen LogP contribution is 2.24. The number of nitrogens with zero attached hydrogens (tertiary/aromatic N) is 4. The van der Waals surface area contributed by atoms with Gasteiger partial charge in [0.25, 0.3) is 0 Å². The second-order valence-corrected chi connectivity index (χ2v) is 6.56. The molecule has 0 atom stereocenters. The van der Waals surface area contributed by atoms with Gasteiger partial charge in [0.05, 0.1) is 6.20 Å². The second kappa shape index (κ2) is 6.52. The number of hydrogen-bond donors (Lipinski definition) is 1. The molecule has 4 rings (SSSR count). The van der Waals surface area contributed by atoms with Crippen molar-refractivity contribution in [3.63, 3.8) is 0 Å². The van der Waals surface area contributed by atoms with Crippen molar-refractivity contribution >= 4 is 11.8 Å². The average Bonchev–Trinajstić information content (AvgIpc) is 2.62. The van der Waals surface area contributed by atoms with E-state index >= 15 is 0 Å². The molecular formula is C18H23N5. The highest BCUT2D eigenvalue weighted by molar-refractivity contribution is 5.45. The molecule has 1 aliphatic heterocycles. The van der Waals surface area contributed by atoms with E-state index < -0.39 is 0 Å². The van der Waals surface area contributed by atoms with Gasteiger partial charge < -0.3 is 10.2 Å². The minimum atomic E-state index is 0.503.